The normalized spacial score (nSPS) is 33.9. The molecule has 0 amide bonds. The summed E-state index contributed by atoms with van der Waals surface area (Å²) < 4.78 is 5.46. The lowest BCUT2D eigenvalue weighted by Gasteiger charge is -2.37. The fourth-order valence-corrected chi connectivity index (χ4v) is 3.86. The van der Waals surface area contributed by atoms with Crippen LogP contribution < -0.4 is 10.6 Å². The van der Waals surface area contributed by atoms with E-state index in [0.29, 0.717) is 18.1 Å². The highest BCUT2D eigenvalue weighted by Crippen LogP contribution is 2.32. The fraction of sp³-hybridized carbons (Fsp3) is 0.778. The minimum absolute atomic E-state index is 0.0225. The van der Waals surface area contributed by atoms with Crippen molar-refractivity contribution in [3.63, 3.8) is 0 Å². The van der Waals surface area contributed by atoms with E-state index < -0.39 is 0 Å². The van der Waals surface area contributed by atoms with E-state index in [1.807, 2.05) is 6.07 Å². The van der Waals surface area contributed by atoms with Crippen LogP contribution in [-0.4, -0.2) is 46.0 Å². The van der Waals surface area contributed by atoms with Crippen molar-refractivity contribution >= 4 is 11.8 Å². The predicted molar refractivity (Wildman–Crippen MR) is 95.2 cm³/mol. The summed E-state index contributed by atoms with van der Waals surface area (Å²) in [7, 11) is 1.79. The third kappa shape index (κ3) is 4.57. The Bertz CT molecular complexity index is 532. The first-order valence-electron chi connectivity index (χ1n) is 9.15. The Morgan fingerprint density at radius 3 is 2.75 bits per heavy atom. The molecule has 1 heterocycles. The first kappa shape index (κ1) is 17.4. The number of anilines is 2. The van der Waals surface area contributed by atoms with Crippen LogP contribution in [-0.2, 0) is 4.74 Å². The van der Waals surface area contributed by atoms with Crippen molar-refractivity contribution in [2.75, 3.05) is 17.7 Å². The molecule has 0 spiro atoms. The largest absolute Gasteiger partial charge is 0.393 e. The highest BCUT2D eigenvalue weighted by molar-refractivity contribution is 5.41. The van der Waals surface area contributed by atoms with Gasteiger partial charge in [0, 0.05) is 24.9 Å². The summed E-state index contributed by atoms with van der Waals surface area (Å²) in [6.07, 6.45) is 10.1. The van der Waals surface area contributed by atoms with Gasteiger partial charge in [0.15, 0.2) is 0 Å². The molecule has 0 saturated heterocycles. The van der Waals surface area contributed by atoms with Crippen LogP contribution in [0.15, 0.2) is 12.3 Å². The second kappa shape index (κ2) is 7.66. The summed E-state index contributed by atoms with van der Waals surface area (Å²) in [5.41, 5.74) is 0.0225. The van der Waals surface area contributed by atoms with Crippen molar-refractivity contribution in [2.45, 2.75) is 82.1 Å². The van der Waals surface area contributed by atoms with E-state index in [2.05, 4.69) is 27.5 Å². The Morgan fingerprint density at radius 2 is 2.04 bits per heavy atom. The van der Waals surface area contributed by atoms with Crippen molar-refractivity contribution in [1.29, 1.82) is 0 Å². The highest BCUT2D eigenvalue weighted by Gasteiger charge is 2.31. The Morgan fingerprint density at radius 1 is 1.25 bits per heavy atom. The van der Waals surface area contributed by atoms with Crippen LogP contribution in [0.2, 0.25) is 0 Å². The monoisotopic (exact) mass is 334 g/mol. The van der Waals surface area contributed by atoms with Gasteiger partial charge in [-0.15, -0.1) is 0 Å². The zero-order chi connectivity index (χ0) is 17.0. The number of nitrogens with zero attached hydrogens (tertiary/aromatic N) is 2. The van der Waals surface area contributed by atoms with Gasteiger partial charge in [-0.1, -0.05) is 0 Å². The fourth-order valence-electron chi connectivity index (χ4n) is 3.86. The summed E-state index contributed by atoms with van der Waals surface area (Å²) in [5, 5.41) is 16.8. The third-order valence-corrected chi connectivity index (χ3v) is 5.44. The molecule has 134 valence electrons. The second-order valence-corrected chi connectivity index (χ2v) is 7.55. The molecule has 2 atom stereocenters. The number of aliphatic hydroxyl groups is 1. The van der Waals surface area contributed by atoms with Crippen molar-refractivity contribution < 1.29 is 9.84 Å². The molecule has 3 N–H and O–H groups in total. The molecule has 1 aromatic rings. The van der Waals surface area contributed by atoms with Gasteiger partial charge in [0.1, 0.15) is 5.82 Å². The third-order valence-electron chi connectivity index (χ3n) is 5.44. The molecule has 2 fully saturated rings. The maximum Gasteiger partial charge on any atom is 0.225 e. The summed E-state index contributed by atoms with van der Waals surface area (Å²) in [5.74, 6) is 1.51. The van der Waals surface area contributed by atoms with Crippen LogP contribution in [0.25, 0.3) is 0 Å². The molecule has 2 aliphatic rings. The van der Waals surface area contributed by atoms with Gasteiger partial charge in [-0.05, 0) is 64.4 Å². The van der Waals surface area contributed by atoms with E-state index in [4.69, 9.17) is 4.74 Å². The van der Waals surface area contributed by atoms with Gasteiger partial charge in [-0.25, -0.2) is 4.98 Å². The molecular weight excluding hydrogens is 304 g/mol. The molecule has 1 aromatic heterocycles. The van der Waals surface area contributed by atoms with Gasteiger partial charge in [0.05, 0.1) is 12.2 Å². The van der Waals surface area contributed by atoms with E-state index in [-0.39, 0.29) is 11.6 Å². The first-order valence-corrected chi connectivity index (χ1v) is 9.15. The topological polar surface area (TPSA) is 79.3 Å². The van der Waals surface area contributed by atoms with Gasteiger partial charge < -0.3 is 20.5 Å². The summed E-state index contributed by atoms with van der Waals surface area (Å²) in [6, 6.07) is 2.19. The highest BCUT2D eigenvalue weighted by atomic mass is 16.5. The molecule has 2 aliphatic carbocycles. The maximum absolute atomic E-state index is 9.81. The smallest absolute Gasteiger partial charge is 0.225 e. The van der Waals surface area contributed by atoms with Crippen LogP contribution >= 0.6 is 0 Å². The average Bonchev–Trinajstić information content (AvgIpc) is 2.56. The number of hydrogen-bond donors (Lipinski definition) is 3. The van der Waals surface area contributed by atoms with Crippen LogP contribution in [0.1, 0.15) is 58.3 Å². The van der Waals surface area contributed by atoms with E-state index in [1.165, 1.54) is 0 Å². The standard InChI is InChI=1S/C18H30N4O2/c1-18(9-6-15(24-2)7-10-18)22-17-19-11-8-16(21-17)20-13-4-3-5-14(23)12-13/h8,11,13-15,23H,3-7,9-10,12H2,1-2H3,(H2,19,20,21,22)/t13-,14-,15?,18?/m1/s1. The minimum atomic E-state index is -0.189. The number of rotatable bonds is 5. The lowest BCUT2D eigenvalue weighted by atomic mass is 9.82. The van der Waals surface area contributed by atoms with Crippen LogP contribution in [0, 0.1) is 0 Å². The van der Waals surface area contributed by atoms with Crippen molar-refractivity contribution in [3.05, 3.63) is 12.3 Å². The number of aliphatic hydroxyl groups excluding tert-OH is 1. The Labute approximate surface area is 144 Å². The summed E-state index contributed by atoms with van der Waals surface area (Å²) in [4.78, 5) is 9.01. The molecule has 0 unspecified atom stereocenters. The van der Waals surface area contributed by atoms with Gasteiger partial charge >= 0.3 is 0 Å². The van der Waals surface area contributed by atoms with E-state index in [0.717, 1.165) is 57.2 Å². The maximum atomic E-state index is 9.81. The SMILES string of the molecule is COC1CCC(C)(Nc2nccc(N[C@@H]3CCC[C@@H](O)C3)n2)CC1. The lowest BCUT2D eigenvalue weighted by molar-refractivity contribution is 0.0563. The number of nitrogens with one attached hydrogen (secondary N) is 2. The molecule has 3 rings (SSSR count). The van der Waals surface area contributed by atoms with Gasteiger partial charge in [-0.2, -0.15) is 4.98 Å². The van der Waals surface area contributed by atoms with Crippen molar-refractivity contribution in [1.82, 2.24) is 9.97 Å². The van der Waals surface area contributed by atoms with Gasteiger partial charge in [0.2, 0.25) is 5.95 Å². The zero-order valence-corrected chi connectivity index (χ0v) is 14.8. The molecule has 2 saturated carbocycles. The second-order valence-electron chi connectivity index (χ2n) is 7.55. The Balaban J connectivity index is 1.59. The molecule has 6 heteroatoms. The average molecular weight is 334 g/mol. The van der Waals surface area contributed by atoms with E-state index in [9.17, 15) is 5.11 Å². The van der Waals surface area contributed by atoms with E-state index >= 15 is 0 Å². The van der Waals surface area contributed by atoms with Crippen LogP contribution in [0.4, 0.5) is 11.8 Å². The van der Waals surface area contributed by atoms with Gasteiger partial charge in [-0.3, -0.25) is 0 Å². The van der Waals surface area contributed by atoms with Gasteiger partial charge in [0.25, 0.3) is 0 Å². The Kier molecular flexibility index (Phi) is 5.56. The number of methoxy groups -OCH3 is 1. The lowest BCUT2D eigenvalue weighted by Crippen LogP contribution is -2.41. The first-order chi connectivity index (χ1) is 11.6. The quantitative estimate of drug-likeness (QED) is 0.768. The zero-order valence-electron chi connectivity index (χ0n) is 14.8. The minimum Gasteiger partial charge on any atom is -0.393 e. The summed E-state index contributed by atoms with van der Waals surface area (Å²) in [6.45, 7) is 2.24. The molecule has 0 aromatic carbocycles. The van der Waals surface area contributed by atoms with Crippen molar-refractivity contribution in [3.8, 4) is 0 Å². The molecular formula is C18H30N4O2. The van der Waals surface area contributed by atoms with Crippen LogP contribution in [0.3, 0.4) is 0 Å². The molecule has 6 nitrogen and oxygen atoms in total. The number of ether oxygens (including phenoxy) is 1. The van der Waals surface area contributed by atoms with E-state index in [1.54, 1.807) is 13.3 Å². The van der Waals surface area contributed by atoms with Crippen molar-refractivity contribution in [2.24, 2.45) is 0 Å². The number of aromatic nitrogens is 2. The Hall–Kier alpha value is -1.40. The number of hydrogen-bond acceptors (Lipinski definition) is 6. The molecule has 0 radical (unpaired) electrons. The summed E-state index contributed by atoms with van der Waals surface area (Å²) >= 11 is 0. The predicted octanol–water partition coefficient (Wildman–Crippen LogP) is 2.95. The molecule has 0 bridgehead atoms. The molecule has 0 aliphatic heterocycles. The van der Waals surface area contributed by atoms with Crippen LogP contribution in [0.5, 0.6) is 0 Å². The molecule has 24 heavy (non-hydrogen) atoms.